The minimum Gasteiger partial charge on any atom is -0.507 e. The van der Waals surface area contributed by atoms with E-state index >= 15 is 0 Å². The van der Waals surface area contributed by atoms with Crippen molar-refractivity contribution in [1.82, 2.24) is 5.32 Å². The zero-order valence-electron chi connectivity index (χ0n) is 10.8. The Balaban J connectivity index is 2.11. The van der Waals surface area contributed by atoms with Crippen molar-refractivity contribution in [1.29, 1.82) is 0 Å². The van der Waals surface area contributed by atoms with Crippen LogP contribution in [0.4, 0.5) is 8.78 Å². The average molecular weight is 329 g/mol. The van der Waals surface area contributed by atoms with Gasteiger partial charge >= 0.3 is 5.97 Å². The minimum absolute atomic E-state index is 0.0313. The zero-order valence-corrected chi connectivity index (χ0v) is 11.6. The van der Waals surface area contributed by atoms with Crippen LogP contribution < -0.4 is 5.32 Å². The molecule has 0 aromatic heterocycles. The topological polar surface area (TPSA) is 111 Å². The molecule has 1 aliphatic rings. The fourth-order valence-corrected chi connectivity index (χ4v) is 2.48. The number of hydrogen-bond acceptors (Lipinski definition) is 6. The number of carboxylic acids is 1. The quantitative estimate of drug-likeness (QED) is 0.565. The van der Waals surface area contributed by atoms with Crippen LogP contribution in [0.2, 0.25) is 0 Å². The Kier molecular flexibility index (Phi) is 4.71. The van der Waals surface area contributed by atoms with Gasteiger partial charge in [0, 0.05) is 0 Å². The van der Waals surface area contributed by atoms with Crippen LogP contribution in [0, 0.1) is 11.6 Å². The lowest BCUT2D eigenvalue weighted by Gasteiger charge is -2.00. The summed E-state index contributed by atoms with van der Waals surface area (Å²) in [7, 11) is 0. The standard InChI is InChI=1S/C12H9F2N3O4S/c13-6-1-2-7(18)5(10(6)14)4-15-17-12-16-11(21)8(22-12)3-9(19)20/h1-2,4,8,18H,3H2,(H,19,20)(H,16,17,21). The van der Waals surface area contributed by atoms with E-state index in [-0.39, 0.29) is 11.6 Å². The van der Waals surface area contributed by atoms with Crippen molar-refractivity contribution in [2.24, 2.45) is 10.2 Å². The summed E-state index contributed by atoms with van der Waals surface area (Å²) < 4.78 is 26.4. The molecule has 1 unspecified atom stereocenters. The molecule has 10 heteroatoms. The predicted molar refractivity (Wildman–Crippen MR) is 74.8 cm³/mol. The maximum atomic E-state index is 13.4. The van der Waals surface area contributed by atoms with Gasteiger partial charge in [0.1, 0.15) is 11.0 Å². The van der Waals surface area contributed by atoms with Crippen molar-refractivity contribution in [2.45, 2.75) is 11.7 Å². The highest BCUT2D eigenvalue weighted by atomic mass is 32.2. The molecule has 1 atom stereocenters. The summed E-state index contributed by atoms with van der Waals surface area (Å²) in [5.41, 5.74) is -0.485. The Morgan fingerprint density at radius 1 is 1.45 bits per heavy atom. The van der Waals surface area contributed by atoms with E-state index in [1.165, 1.54) is 0 Å². The van der Waals surface area contributed by atoms with Crippen molar-refractivity contribution in [2.75, 3.05) is 0 Å². The van der Waals surface area contributed by atoms with Gasteiger partial charge in [-0.1, -0.05) is 11.8 Å². The van der Waals surface area contributed by atoms with Gasteiger partial charge in [0.15, 0.2) is 16.8 Å². The monoisotopic (exact) mass is 329 g/mol. The van der Waals surface area contributed by atoms with Crippen LogP contribution >= 0.6 is 11.8 Å². The SMILES string of the molecule is O=C(O)CC1SC(=NN=Cc2c(O)ccc(F)c2F)NC1=O. The van der Waals surface area contributed by atoms with E-state index in [1.807, 2.05) is 0 Å². The fourth-order valence-electron chi connectivity index (χ4n) is 1.56. The molecule has 0 spiro atoms. The van der Waals surface area contributed by atoms with Gasteiger partial charge in [0.25, 0.3) is 0 Å². The third-order valence-electron chi connectivity index (χ3n) is 2.58. The van der Waals surface area contributed by atoms with E-state index in [9.17, 15) is 23.5 Å². The minimum atomic E-state index is -1.28. The van der Waals surface area contributed by atoms with Crippen molar-refractivity contribution < 1.29 is 28.6 Å². The number of carbonyl (C=O) groups is 2. The lowest BCUT2D eigenvalue weighted by molar-refractivity contribution is -0.138. The first-order valence-electron chi connectivity index (χ1n) is 5.85. The molecule has 0 aliphatic carbocycles. The number of benzene rings is 1. The van der Waals surface area contributed by atoms with Crippen molar-refractivity contribution in [3.8, 4) is 5.75 Å². The van der Waals surface area contributed by atoms with Gasteiger partial charge in [-0.25, -0.2) is 8.78 Å². The molecule has 3 N–H and O–H groups in total. The van der Waals surface area contributed by atoms with E-state index in [1.54, 1.807) is 0 Å². The largest absolute Gasteiger partial charge is 0.507 e. The summed E-state index contributed by atoms with van der Waals surface area (Å²) in [4.78, 5) is 22.0. The number of amides is 1. The van der Waals surface area contributed by atoms with E-state index < -0.39 is 40.1 Å². The third-order valence-corrected chi connectivity index (χ3v) is 3.65. The van der Waals surface area contributed by atoms with Gasteiger partial charge in [-0.05, 0) is 12.1 Å². The zero-order chi connectivity index (χ0) is 16.3. The summed E-state index contributed by atoms with van der Waals surface area (Å²) in [5.74, 6) is -4.62. The van der Waals surface area contributed by atoms with Gasteiger partial charge in [0.05, 0.1) is 18.2 Å². The fraction of sp³-hybridized carbons (Fsp3) is 0.167. The van der Waals surface area contributed by atoms with Crippen molar-refractivity contribution in [3.63, 3.8) is 0 Å². The Hall–Kier alpha value is -2.49. The van der Waals surface area contributed by atoms with Crippen LogP contribution in [-0.4, -0.2) is 38.7 Å². The highest BCUT2D eigenvalue weighted by Gasteiger charge is 2.32. The number of nitrogens with one attached hydrogen (secondary N) is 1. The van der Waals surface area contributed by atoms with Crippen LogP contribution in [0.25, 0.3) is 0 Å². The second-order valence-electron chi connectivity index (χ2n) is 4.14. The number of amidine groups is 1. The van der Waals surface area contributed by atoms with Crippen molar-refractivity contribution >= 4 is 35.0 Å². The molecule has 2 rings (SSSR count). The maximum absolute atomic E-state index is 13.4. The molecular weight excluding hydrogens is 320 g/mol. The average Bonchev–Trinajstić information content (AvgIpc) is 2.78. The summed E-state index contributed by atoms with van der Waals surface area (Å²) in [5, 5.41) is 26.5. The summed E-state index contributed by atoms with van der Waals surface area (Å²) >= 11 is 0.858. The van der Waals surface area contributed by atoms with Crippen LogP contribution in [-0.2, 0) is 9.59 Å². The van der Waals surface area contributed by atoms with E-state index in [0.717, 1.165) is 30.1 Å². The second-order valence-corrected chi connectivity index (χ2v) is 5.33. The molecule has 1 aromatic carbocycles. The Morgan fingerprint density at radius 2 is 2.18 bits per heavy atom. The number of hydrogen-bond donors (Lipinski definition) is 3. The number of carbonyl (C=O) groups excluding carboxylic acids is 1. The molecule has 1 aromatic rings. The molecule has 1 aliphatic heterocycles. The predicted octanol–water partition coefficient (Wildman–Crippen LogP) is 1.07. The molecule has 1 fully saturated rings. The number of aromatic hydroxyl groups is 1. The molecule has 1 saturated heterocycles. The summed E-state index contributed by atoms with van der Waals surface area (Å²) in [6, 6.07) is 1.72. The molecule has 1 amide bonds. The first kappa shape index (κ1) is 15.9. The van der Waals surface area contributed by atoms with Crippen LogP contribution in [0.3, 0.4) is 0 Å². The van der Waals surface area contributed by atoms with Crippen LogP contribution in [0.1, 0.15) is 12.0 Å². The third kappa shape index (κ3) is 3.58. The van der Waals surface area contributed by atoms with E-state index in [2.05, 4.69) is 15.5 Å². The Morgan fingerprint density at radius 3 is 2.86 bits per heavy atom. The van der Waals surface area contributed by atoms with Crippen molar-refractivity contribution in [3.05, 3.63) is 29.3 Å². The van der Waals surface area contributed by atoms with Gasteiger partial charge in [-0.15, -0.1) is 5.10 Å². The van der Waals surface area contributed by atoms with Gasteiger partial charge < -0.3 is 15.5 Å². The smallest absolute Gasteiger partial charge is 0.305 e. The lowest BCUT2D eigenvalue weighted by Crippen LogP contribution is -2.26. The number of aliphatic carboxylic acids is 1. The molecule has 0 bridgehead atoms. The number of halogens is 2. The molecule has 1 heterocycles. The number of rotatable bonds is 4. The van der Waals surface area contributed by atoms with Gasteiger partial charge in [-0.3, -0.25) is 9.59 Å². The first-order valence-corrected chi connectivity index (χ1v) is 6.73. The van der Waals surface area contributed by atoms with Gasteiger partial charge in [-0.2, -0.15) is 5.10 Å². The molecule has 7 nitrogen and oxygen atoms in total. The molecule has 116 valence electrons. The summed E-state index contributed by atoms with van der Waals surface area (Å²) in [6.45, 7) is 0. The highest BCUT2D eigenvalue weighted by Crippen LogP contribution is 2.23. The number of carboxylic acid groups (broad SMARTS) is 1. The normalized spacial score (nSPS) is 19.8. The second kappa shape index (κ2) is 6.52. The van der Waals surface area contributed by atoms with E-state index in [0.29, 0.717) is 0 Å². The molecular formula is C12H9F2N3O4S. The van der Waals surface area contributed by atoms with Crippen LogP contribution in [0.15, 0.2) is 22.3 Å². The number of nitrogens with zero attached hydrogens (tertiary/aromatic N) is 2. The van der Waals surface area contributed by atoms with E-state index in [4.69, 9.17) is 5.11 Å². The number of phenols is 1. The lowest BCUT2D eigenvalue weighted by atomic mass is 10.2. The number of thioether (sulfide) groups is 1. The highest BCUT2D eigenvalue weighted by molar-refractivity contribution is 8.15. The van der Waals surface area contributed by atoms with Crippen LogP contribution in [0.5, 0.6) is 5.75 Å². The molecule has 22 heavy (non-hydrogen) atoms. The van der Waals surface area contributed by atoms with Gasteiger partial charge in [0.2, 0.25) is 5.91 Å². The Bertz CT molecular complexity index is 693. The number of phenolic OH excluding ortho intramolecular Hbond substituents is 1. The Labute approximate surface area is 126 Å². The summed E-state index contributed by atoms with van der Waals surface area (Å²) in [6.07, 6.45) is 0.413. The molecule has 0 radical (unpaired) electrons. The maximum Gasteiger partial charge on any atom is 0.305 e. The first-order chi connectivity index (χ1) is 10.4. The molecule has 0 saturated carbocycles.